The fourth-order valence-electron chi connectivity index (χ4n) is 1.72. The van der Waals surface area contributed by atoms with Crippen LogP contribution in [0.1, 0.15) is 19.7 Å². The molecule has 1 aromatic heterocycles. The van der Waals surface area contributed by atoms with Crippen molar-refractivity contribution in [2.24, 2.45) is 0 Å². The van der Waals surface area contributed by atoms with Gasteiger partial charge in [0, 0.05) is 24.2 Å². The molecule has 1 heterocycles. The Morgan fingerprint density at radius 1 is 1.30 bits per heavy atom. The van der Waals surface area contributed by atoms with E-state index in [1.807, 2.05) is 38.1 Å². The Kier molecular flexibility index (Phi) is 4.53. The normalized spacial score (nSPS) is 10.8. The van der Waals surface area contributed by atoms with Gasteiger partial charge in [0.25, 0.3) is 0 Å². The average Bonchev–Trinajstić information content (AvgIpc) is 2.84. The summed E-state index contributed by atoms with van der Waals surface area (Å²) >= 11 is 0. The summed E-state index contributed by atoms with van der Waals surface area (Å²) < 4.78 is 5.18. The minimum atomic E-state index is -0.0521. The van der Waals surface area contributed by atoms with E-state index < -0.39 is 0 Å². The lowest BCUT2D eigenvalue weighted by Crippen LogP contribution is -2.32. The molecule has 2 N–H and O–H groups in total. The lowest BCUT2D eigenvalue weighted by atomic mass is 10.1. The minimum absolute atomic E-state index is 0.0521. The van der Waals surface area contributed by atoms with Gasteiger partial charge in [0.2, 0.25) is 5.91 Å². The molecule has 0 aliphatic heterocycles. The zero-order valence-electron chi connectivity index (χ0n) is 11.9. The number of nitrogens with one attached hydrogen (secondary N) is 2. The number of nitrogens with zero attached hydrogens (tertiary/aromatic N) is 1. The summed E-state index contributed by atoms with van der Waals surface area (Å²) in [7, 11) is 0. The van der Waals surface area contributed by atoms with Crippen LogP contribution in [0.15, 0.2) is 34.9 Å². The number of amides is 1. The maximum atomic E-state index is 11.7. The predicted molar refractivity (Wildman–Crippen MR) is 78.4 cm³/mol. The van der Waals surface area contributed by atoms with Crippen LogP contribution in [0, 0.1) is 6.92 Å². The van der Waals surface area contributed by atoms with Gasteiger partial charge < -0.3 is 15.1 Å². The Balaban J connectivity index is 1.96. The second-order valence-electron chi connectivity index (χ2n) is 4.91. The Morgan fingerprint density at radius 2 is 2.00 bits per heavy atom. The largest absolute Gasteiger partial charge is 0.449 e. The topological polar surface area (TPSA) is 67.2 Å². The van der Waals surface area contributed by atoms with Gasteiger partial charge >= 0.3 is 0 Å². The van der Waals surface area contributed by atoms with Crippen molar-refractivity contribution in [3.8, 4) is 11.3 Å². The molecule has 0 saturated carbocycles. The molecule has 5 nitrogen and oxygen atoms in total. The van der Waals surface area contributed by atoms with Crippen LogP contribution in [0.2, 0.25) is 0 Å². The van der Waals surface area contributed by atoms with E-state index in [1.165, 1.54) is 0 Å². The summed E-state index contributed by atoms with van der Waals surface area (Å²) in [5, 5.41) is 5.91. The predicted octanol–water partition coefficient (Wildman–Crippen LogP) is 2.59. The number of carbonyl (C=O) groups is 1. The van der Waals surface area contributed by atoms with E-state index in [4.69, 9.17) is 4.42 Å². The monoisotopic (exact) mass is 273 g/mol. The first-order valence-corrected chi connectivity index (χ1v) is 6.60. The van der Waals surface area contributed by atoms with Crippen LogP contribution in [-0.2, 0) is 4.79 Å². The highest BCUT2D eigenvalue weighted by molar-refractivity contribution is 5.92. The number of oxazole rings is 1. The second kappa shape index (κ2) is 6.34. The first-order chi connectivity index (χ1) is 9.54. The van der Waals surface area contributed by atoms with E-state index in [9.17, 15) is 4.79 Å². The molecule has 5 heteroatoms. The number of hydrogen-bond acceptors (Lipinski definition) is 4. The molecule has 0 unspecified atom stereocenters. The van der Waals surface area contributed by atoms with Crippen LogP contribution in [0.4, 0.5) is 5.69 Å². The van der Waals surface area contributed by atoms with Crippen molar-refractivity contribution in [1.82, 2.24) is 10.3 Å². The van der Waals surface area contributed by atoms with E-state index in [-0.39, 0.29) is 5.91 Å². The third-order valence-corrected chi connectivity index (χ3v) is 2.75. The van der Waals surface area contributed by atoms with Crippen molar-refractivity contribution in [2.75, 3.05) is 11.9 Å². The van der Waals surface area contributed by atoms with E-state index in [0.717, 1.165) is 16.9 Å². The molecule has 0 fully saturated rings. The number of hydrogen-bond donors (Lipinski definition) is 2. The van der Waals surface area contributed by atoms with Gasteiger partial charge in [-0.25, -0.2) is 4.98 Å². The molecule has 2 rings (SSSR count). The van der Waals surface area contributed by atoms with E-state index in [2.05, 4.69) is 15.6 Å². The lowest BCUT2D eigenvalue weighted by molar-refractivity contribution is -0.115. The smallest absolute Gasteiger partial charge is 0.238 e. The Bertz CT molecular complexity index is 573. The number of aryl methyl sites for hydroxylation is 1. The molecule has 2 aromatic rings. The summed E-state index contributed by atoms with van der Waals surface area (Å²) in [6, 6.07) is 7.81. The van der Waals surface area contributed by atoms with E-state index in [1.54, 1.807) is 13.2 Å². The quantitative estimate of drug-likeness (QED) is 0.878. The first-order valence-electron chi connectivity index (χ1n) is 6.60. The van der Waals surface area contributed by atoms with Gasteiger partial charge in [-0.15, -0.1) is 0 Å². The molecule has 1 amide bonds. The van der Waals surface area contributed by atoms with Gasteiger partial charge in [0.15, 0.2) is 5.89 Å². The van der Waals surface area contributed by atoms with Crippen LogP contribution < -0.4 is 10.6 Å². The molecular weight excluding hydrogens is 254 g/mol. The highest BCUT2D eigenvalue weighted by Crippen LogP contribution is 2.20. The molecule has 0 bridgehead atoms. The minimum Gasteiger partial charge on any atom is -0.449 e. The molecule has 0 radical (unpaired) electrons. The summed E-state index contributed by atoms with van der Waals surface area (Å²) in [4.78, 5) is 15.9. The molecule has 0 saturated heterocycles. The fourth-order valence-corrected chi connectivity index (χ4v) is 1.72. The molecule has 0 spiro atoms. The van der Waals surface area contributed by atoms with Gasteiger partial charge in [-0.3, -0.25) is 4.79 Å². The highest BCUT2D eigenvalue weighted by Gasteiger charge is 2.05. The molecule has 0 atom stereocenters. The summed E-state index contributed by atoms with van der Waals surface area (Å²) in [6.45, 7) is 6.12. The summed E-state index contributed by atoms with van der Waals surface area (Å²) in [5.41, 5.74) is 2.52. The number of benzene rings is 1. The van der Waals surface area contributed by atoms with Crippen molar-refractivity contribution in [3.05, 3.63) is 36.4 Å². The third-order valence-electron chi connectivity index (χ3n) is 2.75. The first kappa shape index (κ1) is 14.3. The van der Waals surface area contributed by atoms with Crippen LogP contribution in [-0.4, -0.2) is 23.5 Å². The van der Waals surface area contributed by atoms with Crippen molar-refractivity contribution < 1.29 is 9.21 Å². The number of anilines is 1. The maximum Gasteiger partial charge on any atom is 0.238 e. The molecule has 1 aromatic carbocycles. The Morgan fingerprint density at radius 3 is 2.55 bits per heavy atom. The molecule has 0 aliphatic rings. The van der Waals surface area contributed by atoms with Gasteiger partial charge in [0.1, 0.15) is 12.0 Å². The van der Waals surface area contributed by atoms with E-state index in [0.29, 0.717) is 18.5 Å². The third kappa shape index (κ3) is 3.93. The highest BCUT2D eigenvalue weighted by atomic mass is 16.3. The SMILES string of the molecule is Cc1nc(-c2ccc(NC(=O)CNC(C)C)cc2)co1. The molecule has 106 valence electrons. The molecular formula is C15H19N3O2. The van der Waals surface area contributed by atoms with Gasteiger partial charge in [-0.1, -0.05) is 26.0 Å². The number of aromatic nitrogens is 1. The zero-order valence-corrected chi connectivity index (χ0v) is 11.9. The summed E-state index contributed by atoms with van der Waals surface area (Å²) in [6.07, 6.45) is 1.62. The fraction of sp³-hybridized carbons (Fsp3) is 0.333. The average molecular weight is 273 g/mol. The van der Waals surface area contributed by atoms with Crippen LogP contribution in [0.25, 0.3) is 11.3 Å². The van der Waals surface area contributed by atoms with Crippen LogP contribution in [0.5, 0.6) is 0 Å². The van der Waals surface area contributed by atoms with Gasteiger partial charge in [-0.2, -0.15) is 0 Å². The van der Waals surface area contributed by atoms with E-state index >= 15 is 0 Å². The van der Waals surface area contributed by atoms with Gasteiger partial charge in [-0.05, 0) is 12.1 Å². The lowest BCUT2D eigenvalue weighted by Gasteiger charge is -2.09. The van der Waals surface area contributed by atoms with Crippen molar-refractivity contribution >= 4 is 11.6 Å². The molecule has 0 aliphatic carbocycles. The Labute approximate surface area is 118 Å². The van der Waals surface area contributed by atoms with Crippen molar-refractivity contribution in [1.29, 1.82) is 0 Å². The Hall–Kier alpha value is -2.14. The van der Waals surface area contributed by atoms with Crippen molar-refractivity contribution in [2.45, 2.75) is 26.8 Å². The number of rotatable bonds is 5. The maximum absolute atomic E-state index is 11.7. The van der Waals surface area contributed by atoms with Crippen molar-refractivity contribution in [3.63, 3.8) is 0 Å². The van der Waals surface area contributed by atoms with Crippen LogP contribution >= 0.6 is 0 Å². The second-order valence-corrected chi connectivity index (χ2v) is 4.91. The standard InChI is InChI=1S/C15H19N3O2/c1-10(2)16-8-15(19)18-13-6-4-12(5-7-13)14-9-20-11(3)17-14/h4-7,9-10,16H,8H2,1-3H3,(H,18,19). The molecule has 20 heavy (non-hydrogen) atoms. The van der Waals surface area contributed by atoms with Crippen LogP contribution in [0.3, 0.4) is 0 Å². The van der Waals surface area contributed by atoms with Gasteiger partial charge in [0.05, 0.1) is 6.54 Å². The summed E-state index contributed by atoms with van der Waals surface area (Å²) in [5.74, 6) is 0.584. The number of carbonyl (C=O) groups excluding carboxylic acids is 1. The zero-order chi connectivity index (χ0) is 14.5.